The fourth-order valence-electron chi connectivity index (χ4n) is 6.54. The Morgan fingerprint density at radius 1 is 0.828 bits per heavy atom. The zero-order valence-corrected chi connectivity index (χ0v) is 19.0. The van der Waals surface area contributed by atoms with Crippen LogP contribution in [0, 0.1) is 40.9 Å². The van der Waals surface area contributed by atoms with Crippen LogP contribution in [0.15, 0.2) is 0 Å². The zero-order valence-electron chi connectivity index (χ0n) is 19.0. The highest BCUT2D eigenvalue weighted by Gasteiger charge is 2.42. The van der Waals surface area contributed by atoms with Crippen LogP contribution in [0.1, 0.15) is 117 Å². The summed E-state index contributed by atoms with van der Waals surface area (Å²) in [6, 6.07) is 2.42. The van der Waals surface area contributed by atoms with Gasteiger partial charge in [0.15, 0.2) is 5.60 Å². The highest BCUT2D eigenvalue weighted by molar-refractivity contribution is 5.73. The minimum absolute atomic E-state index is 0.0277. The summed E-state index contributed by atoms with van der Waals surface area (Å²) >= 11 is 0. The maximum Gasteiger partial charge on any atom is 0.310 e. The predicted molar refractivity (Wildman–Crippen MR) is 117 cm³/mol. The van der Waals surface area contributed by atoms with Gasteiger partial charge in [-0.15, -0.1) is 0 Å². The molecule has 164 valence electrons. The minimum Gasteiger partial charge on any atom is -0.443 e. The molecule has 0 aromatic heterocycles. The van der Waals surface area contributed by atoms with Crippen LogP contribution in [-0.2, 0) is 9.53 Å². The first-order valence-corrected chi connectivity index (χ1v) is 12.7. The van der Waals surface area contributed by atoms with E-state index in [1.165, 1.54) is 51.4 Å². The number of ether oxygens (including phenoxy) is 1. The van der Waals surface area contributed by atoms with Crippen molar-refractivity contribution in [2.24, 2.45) is 29.6 Å². The van der Waals surface area contributed by atoms with Gasteiger partial charge in [0, 0.05) is 12.8 Å². The van der Waals surface area contributed by atoms with Gasteiger partial charge in [0.25, 0.3) is 0 Å². The lowest BCUT2D eigenvalue weighted by atomic mass is 9.68. The third-order valence-corrected chi connectivity index (χ3v) is 8.47. The number of nitriles is 1. The molecule has 0 radical (unpaired) electrons. The Morgan fingerprint density at radius 3 is 1.79 bits per heavy atom. The Hall–Kier alpha value is -1.04. The molecular weight excluding hydrogens is 358 g/mol. The molecular formula is C26H43NO2. The summed E-state index contributed by atoms with van der Waals surface area (Å²) in [4.78, 5) is 12.8. The molecule has 0 aromatic rings. The number of hydrogen-bond donors (Lipinski definition) is 0. The Balaban J connectivity index is 1.45. The standard InChI is InChI=1S/C26H43NO2/c1-3-5-20-7-11-22(12-8-20)23-15-17-26(19-27,18-16-23)29-25(28)24-13-9-21(6-4-2)10-14-24/h20-24H,3-18H2,1-2H3. The minimum atomic E-state index is -0.840. The molecule has 0 N–H and O–H groups in total. The maximum absolute atomic E-state index is 12.8. The first-order valence-electron chi connectivity index (χ1n) is 12.7. The Labute approximate surface area is 179 Å². The van der Waals surface area contributed by atoms with Gasteiger partial charge in [-0.1, -0.05) is 52.4 Å². The van der Waals surface area contributed by atoms with Crippen LogP contribution < -0.4 is 0 Å². The molecule has 0 spiro atoms. The highest BCUT2D eigenvalue weighted by Crippen LogP contribution is 2.44. The first kappa shape index (κ1) is 22.6. The molecule has 0 saturated heterocycles. The third kappa shape index (κ3) is 5.99. The summed E-state index contributed by atoms with van der Waals surface area (Å²) in [5.41, 5.74) is -0.840. The lowest BCUT2D eigenvalue weighted by Crippen LogP contribution is -2.41. The zero-order chi connectivity index (χ0) is 20.7. The Kier molecular flexibility index (Phi) is 8.45. The van der Waals surface area contributed by atoms with E-state index in [1.54, 1.807) is 0 Å². The molecule has 0 atom stereocenters. The number of rotatable bonds is 7. The summed E-state index contributed by atoms with van der Waals surface area (Å²) in [7, 11) is 0. The second-order valence-corrected chi connectivity index (χ2v) is 10.4. The molecule has 3 aliphatic carbocycles. The number of carbonyl (C=O) groups is 1. The average molecular weight is 402 g/mol. The average Bonchev–Trinajstić information content (AvgIpc) is 2.76. The van der Waals surface area contributed by atoms with E-state index in [0.29, 0.717) is 0 Å². The monoisotopic (exact) mass is 401 g/mol. The quantitative estimate of drug-likeness (QED) is 0.424. The van der Waals surface area contributed by atoms with Crippen molar-refractivity contribution in [2.75, 3.05) is 0 Å². The fraction of sp³-hybridized carbons (Fsp3) is 0.923. The van der Waals surface area contributed by atoms with Gasteiger partial charge >= 0.3 is 5.97 Å². The van der Waals surface area contributed by atoms with E-state index < -0.39 is 5.60 Å². The van der Waals surface area contributed by atoms with Gasteiger partial charge in [-0.25, -0.2) is 0 Å². The summed E-state index contributed by atoms with van der Waals surface area (Å²) in [6.07, 6.45) is 18.6. The molecule has 3 aliphatic rings. The van der Waals surface area contributed by atoms with Gasteiger partial charge < -0.3 is 4.74 Å². The normalized spacial score (nSPS) is 38.2. The van der Waals surface area contributed by atoms with E-state index >= 15 is 0 Å². The molecule has 3 fully saturated rings. The van der Waals surface area contributed by atoms with Gasteiger partial charge in [0.1, 0.15) is 6.07 Å². The third-order valence-electron chi connectivity index (χ3n) is 8.47. The van der Waals surface area contributed by atoms with Crippen molar-refractivity contribution in [3.05, 3.63) is 0 Å². The number of hydrogen-bond acceptors (Lipinski definition) is 3. The van der Waals surface area contributed by atoms with E-state index in [1.807, 2.05) is 0 Å². The summed E-state index contributed by atoms with van der Waals surface area (Å²) in [5, 5.41) is 9.86. The second kappa shape index (κ2) is 10.8. The van der Waals surface area contributed by atoms with Crippen LogP contribution in [0.4, 0.5) is 0 Å². The van der Waals surface area contributed by atoms with Crippen molar-refractivity contribution in [2.45, 2.75) is 122 Å². The molecule has 0 bridgehead atoms. The van der Waals surface area contributed by atoms with Gasteiger partial charge in [-0.3, -0.25) is 4.79 Å². The van der Waals surface area contributed by atoms with Crippen LogP contribution in [0.5, 0.6) is 0 Å². The smallest absolute Gasteiger partial charge is 0.310 e. The molecule has 3 heteroatoms. The lowest BCUT2D eigenvalue weighted by Gasteiger charge is -2.40. The van der Waals surface area contributed by atoms with Crippen molar-refractivity contribution in [1.82, 2.24) is 0 Å². The molecule has 3 saturated carbocycles. The highest BCUT2D eigenvalue weighted by atomic mass is 16.6. The summed E-state index contributed by atoms with van der Waals surface area (Å²) in [5.74, 6) is 3.26. The molecule has 0 heterocycles. The molecule has 0 unspecified atom stereocenters. The van der Waals surface area contributed by atoms with Gasteiger partial charge in [-0.2, -0.15) is 5.26 Å². The molecule has 3 rings (SSSR count). The molecule has 0 amide bonds. The van der Waals surface area contributed by atoms with Crippen LogP contribution in [-0.4, -0.2) is 11.6 Å². The van der Waals surface area contributed by atoms with Crippen molar-refractivity contribution in [3.8, 4) is 6.07 Å². The van der Waals surface area contributed by atoms with E-state index in [9.17, 15) is 10.1 Å². The van der Waals surface area contributed by atoms with Crippen molar-refractivity contribution in [3.63, 3.8) is 0 Å². The van der Waals surface area contributed by atoms with Gasteiger partial charge in [0.2, 0.25) is 0 Å². The molecule has 29 heavy (non-hydrogen) atoms. The number of nitrogens with zero attached hydrogens (tertiary/aromatic N) is 1. The Morgan fingerprint density at radius 2 is 1.31 bits per heavy atom. The molecule has 0 aliphatic heterocycles. The SMILES string of the molecule is CCCC1CCC(C(=O)OC2(C#N)CCC(C3CCC(CCC)CC3)CC2)CC1. The van der Waals surface area contributed by atoms with Crippen LogP contribution >= 0.6 is 0 Å². The van der Waals surface area contributed by atoms with Crippen molar-refractivity contribution >= 4 is 5.97 Å². The summed E-state index contributed by atoms with van der Waals surface area (Å²) < 4.78 is 5.95. The van der Waals surface area contributed by atoms with Crippen LogP contribution in [0.2, 0.25) is 0 Å². The summed E-state index contributed by atoms with van der Waals surface area (Å²) in [6.45, 7) is 4.54. The van der Waals surface area contributed by atoms with Gasteiger partial charge in [-0.05, 0) is 75.0 Å². The first-order chi connectivity index (χ1) is 14.1. The van der Waals surface area contributed by atoms with Crippen molar-refractivity contribution in [1.29, 1.82) is 5.26 Å². The fourth-order valence-corrected chi connectivity index (χ4v) is 6.54. The maximum atomic E-state index is 12.8. The van der Waals surface area contributed by atoms with E-state index in [4.69, 9.17) is 4.74 Å². The van der Waals surface area contributed by atoms with Gasteiger partial charge in [0.05, 0.1) is 5.92 Å². The Bertz CT molecular complexity index is 542. The number of carbonyl (C=O) groups excluding carboxylic acids is 1. The molecule has 0 aromatic carbocycles. The number of esters is 1. The van der Waals surface area contributed by atoms with E-state index in [-0.39, 0.29) is 11.9 Å². The topological polar surface area (TPSA) is 50.1 Å². The van der Waals surface area contributed by atoms with Crippen LogP contribution in [0.25, 0.3) is 0 Å². The predicted octanol–water partition coefficient (Wildman–Crippen LogP) is 7.20. The second-order valence-electron chi connectivity index (χ2n) is 10.4. The van der Waals surface area contributed by atoms with Crippen LogP contribution in [0.3, 0.4) is 0 Å². The lowest BCUT2D eigenvalue weighted by molar-refractivity contribution is -0.164. The van der Waals surface area contributed by atoms with E-state index in [2.05, 4.69) is 19.9 Å². The van der Waals surface area contributed by atoms with Crippen molar-refractivity contribution < 1.29 is 9.53 Å². The molecule has 3 nitrogen and oxygen atoms in total. The largest absolute Gasteiger partial charge is 0.443 e. The van der Waals surface area contributed by atoms with E-state index in [0.717, 1.165) is 75.0 Å².